The Kier molecular flexibility index (Phi) is 6.41. The van der Waals surface area contributed by atoms with E-state index in [0.29, 0.717) is 17.6 Å². The molecule has 1 heterocycles. The Balaban J connectivity index is 2.46. The van der Waals surface area contributed by atoms with Crippen LogP contribution >= 0.6 is 12.2 Å². The first-order valence-electron chi connectivity index (χ1n) is 6.64. The van der Waals surface area contributed by atoms with Crippen LogP contribution in [-0.4, -0.2) is 65.7 Å². The lowest BCUT2D eigenvalue weighted by atomic mass is 9.99. The van der Waals surface area contributed by atoms with E-state index in [1.54, 1.807) is 5.01 Å². The van der Waals surface area contributed by atoms with E-state index in [0.717, 1.165) is 13.0 Å². The molecule has 0 aliphatic carbocycles. The molecule has 2 unspecified atom stereocenters. The lowest BCUT2D eigenvalue weighted by Gasteiger charge is -2.25. The first-order valence-corrected chi connectivity index (χ1v) is 7.04. The molecule has 1 saturated heterocycles. The second-order valence-electron chi connectivity index (χ2n) is 5.67. The summed E-state index contributed by atoms with van der Waals surface area (Å²) in [6.45, 7) is 5.69. The lowest BCUT2D eigenvalue weighted by molar-refractivity contribution is 0.00175. The summed E-state index contributed by atoms with van der Waals surface area (Å²) in [6, 6.07) is -0.325. The van der Waals surface area contributed by atoms with Crippen LogP contribution < -0.4 is 11.2 Å². The molecule has 1 fully saturated rings. The number of ether oxygens (including phenoxy) is 1. The monoisotopic (exact) mass is 290 g/mol. The molecule has 0 saturated carbocycles. The van der Waals surface area contributed by atoms with Crippen molar-refractivity contribution in [1.29, 1.82) is 0 Å². The van der Waals surface area contributed by atoms with Gasteiger partial charge in [0, 0.05) is 12.6 Å². The number of nitrogens with two attached hydrogens (primary N) is 1. The SMILES string of the molecule is CC(C)C[C@H](N)C(O)C1NN(CCN(C)C)C(=S)O1. The quantitative estimate of drug-likeness (QED) is 0.557. The van der Waals surface area contributed by atoms with Crippen molar-refractivity contribution < 1.29 is 9.84 Å². The molecule has 0 aromatic heterocycles. The zero-order valence-corrected chi connectivity index (χ0v) is 13.0. The smallest absolute Gasteiger partial charge is 0.275 e. The summed E-state index contributed by atoms with van der Waals surface area (Å²) in [5.41, 5.74) is 9.03. The predicted octanol–water partition coefficient (Wildman–Crippen LogP) is -0.270. The van der Waals surface area contributed by atoms with Crippen LogP contribution in [0.3, 0.4) is 0 Å². The number of aliphatic hydroxyl groups excluding tert-OH is 1. The fraction of sp³-hybridized carbons (Fsp3) is 0.917. The number of hydrazine groups is 1. The molecule has 0 radical (unpaired) electrons. The van der Waals surface area contributed by atoms with Crippen LogP contribution in [0.4, 0.5) is 0 Å². The highest BCUT2D eigenvalue weighted by molar-refractivity contribution is 7.80. The normalized spacial score (nSPS) is 23.1. The highest BCUT2D eigenvalue weighted by Gasteiger charge is 2.35. The summed E-state index contributed by atoms with van der Waals surface area (Å²) in [5.74, 6) is 0.433. The maximum absolute atomic E-state index is 10.2. The fourth-order valence-corrected chi connectivity index (χ4v) is 2.16. The number of nitrogens with zero attached hydrogens (tertiary/aromatic N) is 2. The summed E-state index contributed by atoms with van der Waals surface area (Å²) in [7, 11) is 3.98. The zero-order chi connectivity index (χ0) is 14.6. The molecular formula is C12H26N4O2S. The van der Waals surface area contributed by atoms with Crippen molar-refractivity contribution in [3.05, 3.63) is 0 Å². The van der Waals surface area contributed by atoms with E-state index in [4.69, 9.17) is 22.7 Å². The van der Waals surface area contributed by atoms with Gasteiger partial charge in [-0.2, -0.15) is 5.43 Å². The van der Waals surface area contributed by atoms with Gasteiger partial charge < -0.3 is 20.5 Å². The molecule has 0 spiro atoms. The van der Waals surface area contributed by atoms with Crippen LogP contribution in [0.25, 0.3) is 0 Å². The summed E-state index contributed by atoms with van der Waals surface area (Å²) in [4.78, 5) is 2.05. The number of nitrogens with one attached hydrogen (secondary N) is 1. The third-order valence-corrected chi connectivity index (χ3v) is 3.31. The molecule has 6 nitrogen and oxygen atoms in total. The molecule has 0 aromatic carbocycles. The minimum atomic E-state index is -0.773. The Labute approximate surface area is 120 Å². The van der Waals surface area contributed by atoms with Crippen molar-refractivity contribution in [3.63, 3.8) is 0 Å². The van der Waals surface area contributed by atoms with Gasteiger partial charge in [-0.1, -0.05) is 13.8 Å². The van der Waals surface area contributed by atoms with Gasteiger partial charge in [-0.15, -0.1) is 0 Å². The number of thiocarbonyl (C=S) groups is 1. The number of aliphatic hydroxyl groups is 1. The van der Waals surface area contributed by atoms with Gasteiger partial charge in [-0.05, 0) is 38.7 Å². The molecule has 0 bridgehead atoms. The van der Waals surface area contributed by atoms with Crippen LogP contribution in [0.5, 0.6) is 0 Å². The van der Waals surface area contributed by atoms with Gasteiger partial charge >= 0.3 is 0 Å². The number of hydrogen-bond acceptors (Lipinski definition) is 6. The van der Waals surface area contributed by atoms with Crippen molar-refractivity contribution in [2.45, 2.75) is 38.6 Å². The van der Waals surface area contributed by atoms with Gasteiger partial charge in [-0.3, -0.25) is 5.01 Å². The third kappa shape index (κ3) is 5.19. The molecule has 1 aliphatic heterocycles. The second kappa shape index (κ2) is 7.35. The van der Waals surface area contributed by atoms with Crippen molar-refractivity contribution >= 4 is 17.4 Å². The first-order chi connectivity index (χ1) is 8.81. The van der Waals surface area contributed by atoms with Crippen LogP contribution in [-0.2, 0) is 4.74 Å². The van der Waals surface area contributed by atoms with E-state index in [1.807, 2.05) is 14.1 Å². The molecule has 0 amide bonds. The van der Waals surface area contributed by atoms with Gasteiger partial charge in [-0.25, -0.2) is 0 Å². The molecule has 0 aromatic rings. The minimum Gasteiger partial charge on any atom is -0.446 e. The van der Waals surface area contributed by atoms with Gasteiger partial charge in [0.25, 0.3) is 5.17 Å². The lowest BCUT2D eigenvalue weighted by Crippen LogP contribution is -2.51. The van der Waals surface area contributed by atoms with E-state index in [9.17, 15) is 5.11 Å². The van der Waals surface area contributed by atoms with Crippen molar-refractivity contribution in [2.75, 3.05) is 27.2 Å². The molecule has 3 atom stereocenters. The van der Waals surface area contributed by atoms with Crippen LogP contribution in [0.1, 0.15) is 20.3 Å². The van der Waals surface area contributed by atoms with Gasteiger partial charge in [0.2, 0.25) is 0 Å². The third-order valence-electron chi connectivity index (χ3n) is 2.99. The van der Waals surface area contributed by atoms with E-state index >= 15 is 0 Å². The van der Waals surface area contributed by atoms with Gasteiger partial charge in [0.1, 0.15) is 6.10 Å². The van der Waals surface area contributed by atoms with Gasteiger partial charge in [0.05, 0.1) is 6.54 Å². The van der Waals surface area contributed by atoms with Gasteiger partial charge in [0.15, 0.2) is 6.23 Å². The average molecular weight is 290 g/mol. The van der Waals surface area contributed by atoms with E-state index < -0.39 is 12.3 Å². The maximum atomic E-state index is 10.2. The van der Waals surface area contributed by atoms with Crippen LogP contribution in [0, 0.1) is 5.92 Å². The van der Waals surface area contributed by atoms with Crippen molar-refractivity contribution in [1.82, 2.24) is 15.3 Å². The predicted molar refractivity (Wildman–Crippen MR) is 79.3 cm³/mol. The minimum absolute atomic E-state index is 0.325. The molecule has 19 heavy (non-hydrogen) atoms. The highest BCUT2D eigenvalue weighted by Crippen LogP contribution is 2.15. The number of hydrogen-bond donors (Lipinski definition) is 3. The summed E-state index contributed by atoms with van der Waals surface area (Å²) >= 11 is 5.13. The fourth-order valence-electron chi connectivity index (χ4n) is 1.92. The topological polar surface area (TPSA) is 74.0 Å². The Bertz CT molecular complexity index is 301. The van der Waals surface area contributed by atoms with Crippen molar-refractivity contribution in [2.24, 2.45) is 11.7 Å². The number of likely N-dealkylation sites (N-methyl/N-ethyl adjacent to an activating group) is 1. The summed E-state index contributed by atoms with van der Waals surface area (Å²) in [5, 5.41) is 12.3. The first kappa shape index (κ1) is 16.6. The average Bonchev–Trinajstić information content (AvgIpc) is 2.66. The number of rotatable bonds is 7. The largest absolute Gasteiger partial charge is 0.446 e. The van der Waals surface area contributed by atoms with Crippen LogP contribution in [0.15, 0.2) is 0 Å². The maximum Gasteiger partial charge on any atom is 0.275 e. The van der Waals surface area contributed by atoms with Crippen LogP contribution in [0.2, 0.25) is 0 Å². The molecular weight excluding hydrogens is 264 g/mol. The van der Waals surface area contributed by atoms with E-state index in [1.165, 1.54) is 0 Å². The zero-order valence-electron chi connectivity index (χ0n) is 12.2. The Morgan fingerprint density at radius 3 is 2.68 bits per heavy atom. The summed E-state index contributed by atoms with van der Waals surface area (Å²) in [6.07, 6.45) is -0.583. The second-order valence-corrected chi connectivity index (χ2v) is 6.02. The molecule has 4 N–H and O–H groups in total. The van der Waals surface area contributed by atoms with E-state index in [-0.39, 0.29) is 6.04 Å². The molecule has 112 valence electrons. The Hall–Kier alpha value is -0.470. The summed E-state index contributed by atoms with van der Waals surface area (Å²) < 4.78 is 5.47. The Morgan fingerprint density at radius 2 is 2.16 bits per heavy atom. The Morgan fingerprint density at radius 1 is 1.53 bits per heavy atom. The van der Waals surface area contributed by atoms with E-state index in [2.05, 4.69) is 24.2 Å². The highest BCUT2D eigenvalue weighted by atomic mass is 32.1. The molecule has 7 heteroatoms. The molecule has 1 rings (SSSR count). The molecule has 1 aliphatic rings. The van der Waals surface area contributed by atoms with Crippen molar-refractivity contribution in [3.8, 4) is 0 Å². The standard InChI is InChI=1S/C12H26N4O2S/c1-8(2)7-9(13)10(17)11-14-16(12(19)18-11)6-5-15(3)4/h8-11,14,17H,5-7,13H2,1-4H3/t9-,10?,11?/m0/s1.